The number of aromatic nitrogens is 1. The van der Waals surface area contributed by atoms with Gasteiger partial charge < -0.3 is 10.8 Å². The largest absolute Gasteiger partial charge is 0.478 e. The first kappa shape index (κ1) is 8.04. The summed E-state index contributed by atoms with van der Waals surface area (Å²) in [5.74, 6) is -0.428. The molecule has 0 spiro atoms. The van der Waals surface area contributed by atoms with E-state index in [2.05, 4.69) is 4.98 Å². The Morgan fingerprint density at radius 2 is 2.15 bits per heavy atom. The summed E-state index contributed by atoms with van der Waals surface area (Å²) < 4.78 is 0. The Morgan fingerprint density at radius 1 is 1.46 bits per heavy atom. The van der Waals surface area contributed by atoms with Crippen molar-refractivity contribution in [1.82, 2.24) is 4.98 Å². The summed E-state index contributed by atoms with van der Waals surface area (Å²) in [7, 11) is 0. The van der Waals surface area contributed by atoms with Crippen LogP contribution in [0, 0.1) is 0 Å². The van der Waals surface area contributed by atoms with E-state index >= 15 is 0 Å². The minimum absolute atomic E-state index is 0.307. The molecule has 0 fully saturated rings. The summed E-state index contributed by atoms with van der Waals surface area (Å²) >= 11 is 0. The highest BCUT2D eigenvalue weighted by molar-refractivity contribution is 5.90. The van der Waals surface area contributed by atoms with Crippen molar-refractivity contribution in [3.63, 3.8) is 0 Å². The fourth-order valence-electron chi connectivity index (χ4n) is 1.80. The Kier molecular flexibility index (Phi) is 1.69. The van der Waals surface area contributed by atoms with Gasteiger partial charge in [0.15, 0.2) is 0 Å². The molecule has 0 aliphatic heterocycles. The molecular formula is C9H10N2O2. The van der Waals surface area contributed by atoms with Crippen molar-refractivity contribution in [3.05, 3.63) is 22.9 Å². The van der Waals surface area contributed by atoms with Gasteiger partial charge in [-0.15, -0.1) is 0 Å². The highest BCUT2D eigenvalue weighted by Crippen LogP contribution is 2.28. The number of carboxylic acids is 1. The third kappa shape index (κ3) is 1.14. The maximum Gasteiger partial charge on any atom is 0.337 e. The van der Waals surface area contributed by atoms with E-state index in [9.17, 15) is 4.79 Å². The van der Waals surface area contributed by atoms with Gasteiger partial charge in [0.1, 0.15) is 5.82 Å². The van der Waals surface area contributed by atoms with Gasteiger partial charge >= 0.3 is 5.97 Å². The minimum Gasteiger partial charge on any atom is -0.478 e. The van der Waals surface area contributed by atoms with Crippen LogP contribution in [0.3, 0.4) is 0 Å². The molecule has 0 aromatic carbocycles. The number of hydrogen-bond donors (Lipinski definition) is 2. The number of nitrogens with two attached hydrogens (primary N) is 1. The molecule has 0 unspecified atom stereocenters. The SMILES string of the molecule is Nc1ncc(C(=O)O)c2c1CCC2. The average molecular weight is 178 g/mol. The molecule has 0 radical (unpaired) electrons. The van der Waals surface area contributed by atoms with Gasteiger partial charge in [0.2, 0.25) is 0 Å². The summed E-state index contributed by atoms with van der Waals surface area (Å²) in [5.41, 5.74) is 7.75. The van der Waals surface area contributed by atoms with Gasteiger partial charge in [-0.2, -0.15) is 0 Å². The van der Waals surface area contributed by atoms with Gasteiger partial charge in [-0.25, -0.2) is 9.78 Å². The third-order valence-corrected chi connectivity index (χ3v) is 2.42. The maximum absolute atomic E-state index is 10.8. The second-order valence-corrected chi connectivity index (χ2v) is 3.17. The van der Waals surface area contributed by atoms with E-state index in [-0.39, 0.29) is 0 Å². The normalized spacial score (nSPS) is 14.2. The summed E-state index contributed by atoms with van der Waals surface area (Å²) in [5, 5.41) is 8.86. The van der Waals surface area contributed by atoms with Crippen LogP contribution in [0.25, 0.3) is 0 Å². The molecule has 1 heterocycles. The van der Waals surface area contributed by atoms with Gasteiger partial charge in [-0.05, 0) is 30.4 Å². The Bertz CT molecular complexity index is 374. The van der Waals surface area contributed by atoms with E-state index in [0.29, 0.717) is 11.4 Å². The molecule has 1 aliphatic rings. The quantitative estimate of drug-likeness (QED) is 0.668. The Morgan fingerprint density at radius 3 is 2.85 bits per heavy atom. The molecule has 1 aromatic rings. The van der Waals surface area contributed by atoms with E-state index in [4.69, 9.17) is 10.8 Å². The smallest absolute Gasteiger partial charge is 0.337 e. The molecule has 2 rings (SSSR count). The zero-order chi connectivity index (χ0) is 9.42. The number of pyridine rings is 1. The van der Waals surface area contributed by atoms with Crippen molar-refractivity contribution >= 4 is 11.8 Å². The summed E-state index contributed by atoms with van der Waals surface area (Å²) in [4.78, 5) is 14.7. The molecule has 0 atom stereocenters. The first-order chi connectivity index (χ1) is 6.20. The van der Waals surface area contributed by atoms with Crippen LogP contribution in [0.4, 0.5) is 5.82 Å². The maximum atomic E-state index is 10.8. The molecule has 13 heavy (non-hydrogen) atoms. The van der Waals surface area contributed by atoms with Gasteiger partial charge in [0.25, 0.3) is 0 Å². The fourth-order valence-corrected chi connectivity index (χ4v) is 1.80. The van der Waals surface area contributed by atoms with E-state index in [1.54, 1.807) is 0 Å². The van der Waals surface area contributed by atoms with Crippen LogP contribution in [0.5, 0.6) is 0 Å². The zero-order valence-electron chi connectivity index (χ0n) is 7.08. The van der Waals surface area contributed by atoms with E-state index in [1.165, 1.54) is 6.20 Å². The van der Waals surface area contributed by atoms with Crippen LogP contribution in [-0.4, -0.2) is 16.1 Å². The lowest BCUT2D eigenvalue weighted by atomic mass is 10.1. The third-order valence-electron chi connectivity index (χ3n) is 2.42. The first-order valence-electron chi connectivity index (χ1n) is 4.19. The van der Waals surface area contributed by atoms with Gasteiger partial charge in [0, 0.05) is 6.20 Å². The molecule has 3 N–H and O–H groups in total. The number of rotatable bonds is 1. The number of anilines is 1. The number of aromatic carboxylic acids is 1. The molecular weight excluding hydrogens is 168 g/mol. The number of nitrogen functional groups attached to an aromatic ring is 1. The highest BCUT2D eigenvalue weighted by Gasteiger charge is 2.21. The molecule has 4 nitrogen and oxygen atoms in total. The minimum atomic E-state index is -0.911. The molecule has 0 saturated heterocycles. The number of carboxylic acid groups (broad SMARTS) is 1. The van der Waals surface area contributed by atoms with E-state index in [0.717, 1.165) is 30.4 Å². The number of fused-ring (bicyclic) bond motifs is 1. The van der Waals surface area contributed by atoms with Gasteiger partial charge in [0.05, 0.1) is 5.56 Å². The second kappa shape index (κ2) is 2.73. The van der Waals surface area contributed by atoms with Crippen molar-refractivity contribution < 1.29 is 9.90 Å². The molecule has 0 bridgehead atoms. The number of hydrogen-bond acceptors (Lipinski definition) is 3. The lowest BCUT2D eigenvalue weighted by Crippen LogP contribution is -2.06. The van der Waals surface area contributed by atoms with Crippen LogP contribution >= 0.6 is 0 Å². The van der Waals surface area contributed by atoms with Crippen LogP contribution in [-0.2, 0) is 12.8 Å². The second-order valence-electron chi connectivity index (χ2n) is 3.17. The van der Waals surface area contributed by atoms with Crippen LogP contribution in [0.2, 0.25) is 0 Å². The lowest BCUT2D eigenvalue weighted by Gasteiger charge is -2.05. The fraction of sp³-hybridized carbons (Fsp3) is 0.333. The summed E-state index contributed by atoms with van der Waals surface area (Å²) in [6, 6.07) is 0. The predicted octanol–water partition coefficient (Wildman–Crippen LogP) is 0.851. The Hall–Kier alpha value is -1.58. The zero-order valence-corrected chi connectivity index (χ0v) is 7.08. The van der Waals surface area contributed by atoms with Crippen LogP contribution in [0.1, 0.15) is 27.9 Å². The molecule has 1 aromatic heterocycles. The van der Waals surface area contributed by atoms with E-state index < -0.39 is 5.97 Å². The summed E-state index contributed by atoms with van der Waals surface area (Å²) in [6.45, 7) is 0. The molecule has 0 saturated carbocycles. The van der Waals surface area contributed by atoms with Gasteiger partial charge in [-0.1, -0.05) is 0 Å². The molecule has 0 amide bonds. The lowest BCUT2D eigenvalue weighted by molar-refractivity contribution is 0.0695. The van der Waals surface area contributed by atoms with Crippen molar-refractivity contribution in [2.45, 2.75) is 19.3 Å². The first-order valence-corrected chi connectivity index (χ1v) is 4.19. The predicted molar refractivity (Wildman–Crippen MR) is 47.6 cm³/mol. The van der Waals surface area contributed by atoms with Gasteiger partial charge in [-0.3, -0.25) is 0 Å². The molecule has 4 heteroatoms. The van der Waals surface area contributed by atoms with E-state index in [1.807, 2.05) is 0 Å². The monoisotopic (exact) mass is 178 g/mol. The molecule has 68 valence electrons. The van der Waals surface area contributed by atoms with Crippen molar-refractivity contribution in [2.24, 2.45) is 0 Å². The molecule has 1 aliphatic carbocycles. The van der Waals surface area contributed by atoms with Crippen molar-refractivity contribution in [2.75, 3.05) is 5.73 Å². The average Bonchev–Trinajstić information content (AvgIpc) is 2.53. The van der Waals surface area contributed by atoms with Crippen molar-refractivity contribution in [1.29, 1.82) is 0 Å². The topological polar surface area (TPSA) is 76.2 Å². The number of carbonyl (C=O) groups is 1. The Balaban J connectivity index is 2.62. The number of nitrogens with zero attached hydrogens (tertiary/aromatic N) is 1. The van der Waals surface area contributed by atoms with Crippen LogP contribution < -0.4 is 5.73 Å². The highest BCUT2D eigenvalue weighted by atomic mass is 16.4. The van der Waals surface area contributed by atoms with Crippen LogP contribution in [0.15, 0.2) is 6.20 Å². The standard InChI is InChI=1S/C9H10N2O2/c10-8-6-3-1-2-5(6)7(4-11-8)9(12)13/h4H,1-3H2,(H2,10,11)(H,12,13). The van der Waals surface area contributed by atoms with Crippen molar-refractivity contribution in [3.8, 4) is 0 Å². The summed E-state index contributed by atoms with van der Waals surface area (Å²) in [6.07, 6.45) is 3.99. The Labute approximate surface area is 75.4 Å².